The number of nitrogens with one attached hydrogen (secondary N) is 2. The van der Waals surface area contributed by atoms with Crippen molar-refractivity contribution in [2.45, 2.75) is 83.5 Å². The summed E-state index contributed by atoms with van der Waals surface area (Å²) in [6, 6.07) is 43.0. The van der Waals surface area contributed by atoms with E-state index in [0.717, 1.165) is 55.5 Å². The maximum Gasteiger partial charge on any atom is 0.408 e. The van der Waals surface area contributed by atoms with E-state index in [1.54, 1.807) is 24.5 Å². The Balaban J connectivity index is 0.000000228. The van der Waals surface area contributed by atoms with Gasteiger partial charge in [0, 0.05) is 25.5 Å². The Kier molecular flexibility index (Phi) is 25.0. The number of ether oxygens (including phenoxy) is 4. The minimum Gasteiger partial charge on any atom is -0.477 e. The molecule has 8 aromatic rings. The van der Waals surface area contributed by atoms with Gasteiger partial charge in [-0.2, -0.15) is 0 Å². The van der Waals surface area contributed by atoms with Crippen LogP contribution in [0.4, 0.5) is 4.79 Å². The average molecular weight is 1130 g/mol. The molecule has 0 unspecified atom stereocenters. The fraction of sp³-hybridized carbons (Fsp3) is 0.254. The number of nitrogens with two attached hydrogens (primary N) is 2. The molecule has 0 saturated heterocycles. The molecular weight excluding hydrogens is 1070 g/mol. The van der Waals surface area contributed by atoms with Gasteiger partial charge in [-0.1, -0.05) is 129 Å². The van der Waals surface area contributed by atoms with Crippen LogP contribution in [0.15, 0.2) is 158 Å². The van der Waals surface area contributed by atoms with Crippen molar-refractivity contribution in [2.24, 2.45) is 11.5 Å². The predicted molar refractivity (Wildman–Crippen MR) is 307 cm³/mol. The summed E-state index contributed by atoms with van der Waals surface area (Å²) in [6.07, 6.45) is 7.50. The van der Waals surface area contributed by atoms with Gasteiger partial charge >= 0.3 is 24.0 Å². The summed E-state index contributed by atoms with van der Waals surface area (Å²) in [6.45, 7) is 1.09. The number of carbonyl (C=O) groups excluding carboxylic acids is 5. The third-order valence-electron chi connectivity index (χ3n) is 11.8. The Morgan fingerprint density at radius 2 is 1.04 bits per heavy atom. The first kappa shape index (κ1) is 61.8. The van der Waals surface area contributed by atoms with Crippen LogP contribution in [0.25, 0.3) is 20.4 Å². The number of aromatic nitrogens is 2. The molecule has 414 valence electrons. The Morgan fingerprint density at radius 1 is 0.620 bits per heavy atom. The number of hydrogen-bond acceptors (Lipinski definition) is 16. The number of benzene rings is 4. The largest absolute Gasteiger partial charge is 0.477 e. The second kappa shape index (κ2) is 32.0. The first-order valence-electron chi connectivity index (χ1n) is 24.7. The van der Waals surface area contributed by atoms with Gasteiger partial charge < -0.3 is 46.2 Å². The standard InChI is InChI=1S/C29H27N3O5S.C11H9NO2S.C10H14N2O2.C8H8O2.CH4.ClH/c33-27(25-15-23-26(38-25)22(13-14-30-23)21-11-12-21)31-16-24(28(34)36-17-19-7-3-1-4-8-19)32-29(35)37-18-20-9-5-2-6-10-20;13-11(14)9-5-8-10(15-9)7(3-4-12-8)6-1-2-6;11-6-9(12)10(13)14-7-8-4-2-1-3-5-8;9-7-10-6-8-4-2-1-3-5-8;;/h1-10,13-15,21,24H,11-12,16-18H2,(H,31,33)(H,32,35);3-6H,1-2H2,(H,13,14);1-5,9H,6-7,11-12H2;1-5,7H,6H2;1H4;1H/t24-;;9-;;;/m1.1.../s1. The minimum atomic E-state index is -1.14. The van der Waals surface area contributed by atoms with Crippen LogP contribution in [0.5, 0.6) is 0 Å². The average Bonchev–Trinajstić information content (AvgIpc) is 4.54. The van der Waals surface area contributed by atoms with E-state index in [9.17, 15) is 28.8 Å². The SMILES string of the molecule is C.Cl.NC[C@@H](N)C(=O)OCc1ccccc1.O=C(N[C@H](CNC(=O)c1cc2nccc(C3CC3)c2s1)C(=O)OCc1ccccc1)OCc1ccccc1.O=C(O)c1cc2nccc(C3CC3)c2s1.O=COCc1ccccc1. The molecule has 4 aromatic heterocycles. The molecule has 2 aliphatic rings. The molecular formula is C59H63ClN6O11S2. The number of hydrogen-bond donors (Lipinski definition) is 5. The van der Waals surface area contributed by atoms with Crippen molar-refractivity contribution in [3.05, 3.63) is 201 Å². The van der Waals surface area contributed by atoms with Crippen molar-refractivity contribution in [2.75, 3.05) is 13.1 Å². The number of amides is 2. The number of alkyl carbamates (subject to hydrolysis) is 1. The van der Waals surface area contributed by atoms with Gasteiger partial charge in [0.2, 0.25) is 0 Å². The van der Waals surface area contributed by atoms with E-state index in [0.29, 0.717) is 34.7 Å². The Hall–Kier alpha value is -8.07. The highest BCUT2D eigenvalue weighted by atomic mass is 35.5. The molecule has 2 atom stereocenters. The van der Waals surface area contributed by atoms with Crippen molar-refractivity contribution < 1.29 is 52.8 Å². The maximum absolute atomic E-state index is 13.0. The highest BCUT2D eigenvalue weighted by Gasteiger charge is 2.29. The molecule has 20 heteroatoms. The number of esters is 2. The molecule has 2 aliphatic carbocycles. The first-order chi connectivity index (χ1) is 37.5. The molecule has 0 bridgehead atoms. The van der Waals surface area contributed by atoms with E-state index in [2.05, 4.69) is 25.3 Å². The molecule has 7 N–H and O–H groups in total. The number of halogens is 1. The lowest BCUT2D eigenvalue weighted by Gasteiger charge is -2.18. The van der Waals surface area contributed by atoms with E-state index >= 15 is 0 Å². The third-order valence-corrected chi connectivity index (χ3v) is 14.1. The number of rotatable bonds is 19. The van der Waals surface area contributed by atoms with E-state index < -0.39 is 36.1 Å². The molecule has 0 aliphatic heterocycles. The monoisotopic (exact) mass is 1130 g/mol. The Morgan fingerprint density at radius 3 is 1.47 bits per heavy atom. The number of carboxylic acid groups (broad SMARTS) is 1. The minimum absolute atomic E-state index is 0. The van der Waals surface area contributed by atoms with E-state index in [1.807, 2.05) is 133 Å². The van der Waals surface area contributed by atoms with Crippen molar-refractivity contribution in [3.63, 3.8) is 0 Å². The number of pyridine rings is 2. The number of carboxylic acids is 1. The zero-order valence-corrected chi connectivity index (χ0v) is 44.7. The number of thiophene rings is 2. The van der Waals surface area contributed by atoms with Crippen LogP contribution in [-0.4, -0.2) is 76.6 Å². The molecule has 4 heterocycles. The third kappa shape index (κ3) is 19.7. The van der Waals surface area contributed by atoms with Gasteiger partial charge in [-0.15, -0.1) is 35.1 Å². The van der Waals surface area contributed by atoms with Crippen LogP contribution in [0.2, 0.25) is 0 Å². The van der Waals surface area contributed by atoms with Crippen LogP contribution in [0, 0.1) is 0 Å². The fourth-order valence-electron chi connectivity index (χ4n) is 7.41. The van der Waals surface area contributed by atoms with Crippen LogP contribution < -0.4 is 22.1 Å². The van der Waals surface area contributed by atoms with Gasteiger partial charge in [0.25, 0.3) is 12.4 Å². The van der Waals surface area contributed by atoms with Crippen LogP contribution in [-0.2, 0) is 59.8 Å². The van der Waals surface area contributed by atoms with Crippen LogP contribution in [0.1, 0.15) is 97.7 Å². The van der Waals surface area contributed by atoms with Gasteiger partial charge in [-0.25, -0.2) is 14.4 Å². The highest BCUT2D eigenvalue weighted by molar-refractivity contribution is 7.21. The summed E-state index contributed by atoms with van der Waals surface area (Å²) in [4.78, 5) is 79.6. The topological polar surface area (TPSA) is 261 Å². The molecule has 2 saturated carbocycles. The van der Waals surface area contributed by atoms with E-state index in [1.165, 1.54) is 46.6 Å². The van der Waals surface area contributed by atoms with Crippen molar-refractivity contribution >= 4 is 91.9 Å². The smallest absolute Gasteiger partial charge is 0.408 e. The molecule has 2 fully saturated rings. The lowest BCUT2D eigenvalue weighted by Crippen LogP contribution is -2.49. The van der Waals surface area contributed by atoms with E-state index in [-0.39, 0.29) is 58.7 Å². The Bertz CT molecular complexity index is 3200. The quantitative estimate of drug-likeness (QED) is 0.0286. The fourth-order valence-corrected chi connectivity index (χ4v) is 9.58. The highest BCUT2D eigenvalue weighted by Crippen LogP contribution is 2.45. The normalized spacial score (nSPS) is 12.7. The summed E-state index contributed by atoms with van der Waals surface area (Å²) in [5.74, 6) is -1.19. The molecule has 79 heavy (non-hydrogen) atoms. The zero-order chi connectivity index (χ0) is 54.4. The van der Waals surface area contributed by atoms with Crippen LogP contribution in [0.3, 0.4) is 0 Å². The van der Waals surface area contributed by atoms with Crippen molar-refractivity contribution in [1.29, 1.82) is 0 Å². The summed E-state index contributed by atoms with van der Waals surface area (Å²) in [5, 5.41) is 14.2. The lowest BCUT2D eigenvalue weighted by atomic mass is 10.1. The summed E-state index contributed by atoms with van der Waals surface area (Å²) in [7, 11) is 0. The molecule has 17 nitrogen and oxygen atoms in total. The second-order valence-electron chi connectivity index (χ2n) is 17.7. The second-order valence-corrected chi connectivity index (χ2v) is 19.8. The molecule has 0 spiro atoms. The summed E-state index contributed by atoms with van der Waals surface area (Å²) >= 11 is 2.72. The number of aromatic carboxylic acids is 1. The maximum atomic E-state index is 13.0. The van der Waals surface area contributed by atoms with Gasteiger partial charge in [-0.3, -0.25) is 24.4 Å². The molecule has 10 rings (SSSR count). The van der Waals surface area contributed by atoms with Crippen LogP contribution >= 0.6 is 35.1 Å². The molecule has 0 radical (unpaired) electrons. The van der Waals surface area contributed by atoms with Crippen molar-refractivity contribution in [3.8, 4) is 0 Å². The number of carbonyl (C=O) groups is 6. The Labute approximate surface area is 472 Å². The summed E-state index contributed by atoms with van der Waals surface area (Å²) in [5.41, 5.74) is 18.3. The zero-order valence-electron chi connectivity index (χ0n) is 42.3. The van der Waals surface area contributed by atoms with Gasteiger partial charge in [0.1, 0.15) is 43.4 Å². The summed E-state index contributed by atoms with van der Waals surface area (Å²) < 4.78 is 22.2. The van der Waals surface area contributed by atoms with Gasteiger partial charge in [0.05, 0.1) is 25.3 Å². The lowest BCUT2D eigenvalue weighted by molar-refractivity contribution is -0.147. The van der Waals surface area contributed by atoms with Crippen molar-refractivity contribution in [1.82, 2.24) is 20.6 Å². The van der Waals surface area contributed by atoms with Gasteiger partial charge in [0.15, 0.2) is 0 Å². The predicted octanol–water partition coefficient (Wildman–Crippen LogP) is 10.2. The molecule has 2 amide bonds. The molecule has 4 aromatic carbocycles. The number of nitrogens with zero attached hydrogens (tertiary/aromatic N) is 2. The number of fused-ring (bicyclic) bond motifs is 2. The van der Waals surface area contributed by atoms with E-state index in [4.69, 9.17) is 30.8 Å². The first-order valence-corrected chi connectivity index (χ1v) is 26.3. The van der Waals surface area contributed by atoms with Gasteiger partial charge in [-0.05, 0) is 95.2 Å².